The maximum Gasteiger partial charge on any atom is 0.269 e. The van der Waals surface area contributed by atoms with Crippen molar-refractivity contribution in [2.75, 3.05) is 11.4 Å². The molecule has 0 atom stereocenters. The molecule has 2 aromatic carbocycles. The van der Waals surface area contributed by atoms with Crippen molar-refractivity contribution in [2.24, 2.45) is 0 Å². The first-order valence-electron chi connectivity index (χ1n) is 7.70. The fourth-order valence-electron chi connectivity index (χ4n) is 2.33. The van der Waals surface area contributed by atoms with Crippen LogP contribution >= 0.6 is 0 Å². The number of nitrogens with zero attached hydrogens (tertiary/aromatic N) is 2. The molecule has 0 N–H and O–H groups in total. The third-order valence-electron chi connectivity index (χ3n) is 3.61. The van der Waals surface area contributed by atoms with Crippen molar-refractivity contribution in [1.29, 1.82) is 0 Å². The zero-order valence-corrected chi connectivity index (χ0v) is 13.1. The van der Waals surface area contributed by atoms with E-state index < -0.39 is 4.92 Å². The Labute approximate surface area is 135 Å². The van der Waals surface area contributed by atoms with Crippen molar-refractivity contribution in [2.45, 2.75) is 26.2 Å². The summed E-state index contributed by atoms with van der Waals surface area (Å²) in [6.07, 6.45) is 2.17. The monoisotopic (exact) mass is 312 g/mol. The maximum absolute atomic E-state index is 12.6. The number of nitro groups is 1. The number of para-hydroxylation sites is 1. The molecule has 0 aliphatic heterocycles. The van der Waals surface area contributed by atoms with Crippen LogP contribution in [-0.2, 0) is 11.2 Å². The van der Waals surface area contributed by atoms with Gasteiger partial charge >= 0.3 is 0 Å². The fourth-order valence-corrected chi connectivity index (χ4v) is 2.33. The van der Waals surface area contributed by atoms with Gasteiger partial charge in [0.1, 0.15) is 0 Å². The van der Waals surface area contributed by atoms with E-state index in [1.807, 2.05) is 30.3 Å². The van der Waals surface area contributed by atoms with Crippen LogP contribution in [0.2, 0.25) is 0 Å². The summed E-state index contributed by atoms with van der Waals surface area (Å²) >= 11 is 0. The first kappa shape index (κ1) is 16.7. The van der Waals surface area contributed by atoms with Gasteiger partial charge in [-0.05, 0) is 24.1 Å². The van der Waals surface area contributed by atoms with Crippen LogP contribution in [0, 0.1) is 10.1 Å². The summed E-state index contributed by atoms with van der Waals surface area (Å²) in [5, 5.41) is 10.7. The van der Waals surface area contributed by atoms with Gasteiger partial charge in [0.25, 0.3) is 5.69 Å². The van der Waals surface area contributed by atoms with Crippen LogP contribution in [0.15, 0.2) is 54.6 Å². The second-order valence-electron chi connectivity index (χ2n) is 5.33. The Hall–Kier alpha value is -2.69. The highest BCUT2D eigenvalue weighted by atomic mass is 16.6. The molecule has 0 aliphatic rings. The third kappa shape index (κ3) is 4.64. The second-order valence-corrected chi connectivity index (χ2v) is 5.33. The highest BCUT2D eigenvalue weighted by Crippen LogP contribution is 2.17. The lowest BCUT2D eigenvalue weighted by molar-refractivity contribution is -0.384. The Morgan fingerprint density at radius 3 is 2.30 bits per heavy atom. The summed E-state index contributed by atoms with van der Waals surface area (Å²) in [6, 6.07) is 15.7. The molecule has 0 radical (unpaired) electrons. The van der Waals surface area contributed by atoms with Gasteiger partial charge < -0.3 is 4.90 Å². The molecular formula is C18H20N2O3. The highest BCUT2D eigenvalue weighted by Gasteiger charge is 2.16. The number of benzene rings is 2. The van der Waals surface area contributed by atoms with E-state index in [4.69, 9.17) is 0 Å². The standard InChI is InChI=1S/C18H20N2O3/c1-2-3-13-19(16-7-5-4-6-8-16)18(21)14-15-9-11-17(12-10-15)20(22)23/h4-12H,2-3,13-14H2,1H3. The number of hydrogen-bond donors (Lipinski definition) is 0. The van der Waals surface area contributed by atoms with E-state index in [1.54, 1.807) is 17.0 Å². The first-order chi connectivity index (χ1) is 11.1. The van der Waals surface area contributed by atoms with Gasteiger partial charge in [-0.15, -0.1) is 0 Å². The Balaban J connectivity index is 2.12. The Bertz CT molecular complexity index is 654. The van der Waals surface area contributed by atoms with E-state index in [0.29, 0.717) is 6.54 Å². The molecule has 0 fully saturated rings. The molecule has 0 aromatic heterocycles. The van der Waals surface area contributed by atoms with Crippen LogP contribution in [0.1, 0.15) is 25.3 Å². The van der Waals surface area contributed by atoms with Crippen molar-refractivity contribution in [3.63, 3.8) is 0 Å². The molecule has 0 aliphatic carbocycles. The lowest BCUT2D eigenvalue weighted by Gasteiger charge is -2.22. The van der Waals surface area contributed by atoms with Crippen molar-refractivity contribution in [1.82, 2.24) is 0 Å². The van der Waals surface area contributed by atoms with Gasteiger partial charge in [-0.2, -0.15) is 0 Å². The molecule has 5 nitrogen and oxygen atoms in total. The SMILES string of the molecule is CCCCN(C(=O)Cc1ccc([N+](=O)[O-])cc1)c1ccccc1. The number of amides is 1. The first-order valence-corrected chi connectivity index (χ1v) is 7.70. The van der Waals surface area contributed by atoms with Crippen LogP contribution < -0.4 is 4.90 Å². The van der Waals surface area contributed by atoms with E-state index in [-0.39, 0.29) is 18.0 Å². The number of anilines is 1. The number of unbranched alkanes of at least 4 members (excludes halogenated alkanes) is 1. The summed E-state index contributed by atoms with van der Waals surface area (Å²) in [5.41, 5.74) is 1.69. The maximum atomic E-state index is 12.6. The van der Waals surface area contributed by atoms with Gasteiger partial charge in [0.2, 0.25) is 5.91 Å². The number of hydrogen-bond acceptors (Lipinski definition) is 3. The number of nitro benzene ring substituents is 1. The van der Waals surface area contributed by atoms with Gasteiger partial charge in [0.05, 0.1) is 11.3 Å². The van der Waals surface area contributed by atoms with Gasteiger partial charge in [-0.3, -0.25) is 14.9 Å². The normalized spacial score (nSPS) is 10.3. The molecule has 0 unspecified atom stereocenters. The van der Waals surface area contributed by atoms with E-state index in [2.05, 4.69) is 6.92 Å². The van der Waals surface area contributed by atoms with Gasteiger partial charge in [0.15, 0.2) is 0 Å². The molecule has 2 aromatic rings. The molecule has 0 saturated heterocycles. The minimum atomic E-state index is -0.441. The molecule has 0 spiro atoms. The molecule has 2 rings (SSSR count). The summed E-state index contributed by atoms with van der Waals surface area (Å²) in [7, 11) is 0. The van der Waals surface area contributed by atoms with Gasteiger partial charge in [0, 0.05) is 24.4 Å². The van der Waals surface area contributed by atoms with Crippen molar-refractivity contribution < 1.29 is 9.72 Å². The lowest BCUT2D eigenvalue weighted by Crippen LogP contribution is -2.33. The Morgan fingerprint density at radius 1 is 1.09 bits per heavy atom. The summed E-state index contributed by atoms with van der Waals surface area (Å²) in [5.74, 6) is -0.00139. The van der Waals surface area contributed by atoms with Gasteiger partial charge in [-0.1, -0.05) is 43.7 Å². The minimum absolute atomic E-state index is 0.00139. The number of carbonyl (C=O) groups is 1. The van der Waals surface area contributed by atoms with Crippen molar-refractivity contribution in [3.05, 3.63) is 70.3 Å². The van der Waals surface area contributed by atoms with Crippen LogP contribution in [0.5, 0.6) is 0 Å². The summed E-state index contributed by atoms with van der Waals surface area (Å²) in [4.78, 5) is 24.6. The molecule has 5 heteroatoms. The zero-order chi connectivity index (χ0) is 16.7. The molecule has 0 bridgehead atoms. The largest absolute Gasteiger partial charge is 0.312 e. The summed E-state index contributed by atoms with van der Waals surface area (Å²) in [6.45, 7) is 2.76. The number of carbonyl (C=O) groups excluding carboxylic acids is 1. The Morgan fingerprint density at radius 2 is 1.74 bits per heavy atom. The fraction of sp³-hybridized carbons (Fsp3) is 0.278. The molecule has 23 heavy (non-hydrogen) atoms. The van der Waals surface area contributed by atoms with E-state index in [9.17, 15) is 14.9 Å². The summed E-state index contributed by atoms with van der Waals surface area (Å²) < 4.78 is 0. The second kappa shape index (κ2) is 8.08. The average molecular weight is 312 g/mol. The smallest absolute Gasteiger partial charge is 0.269 e. The lowest BCUT2D eigenvalue weighted by atomic mass is 10.1. The molecular weight excluding hydrogens is 292 g/mol. The van der Waals surface area contributed by atoms with Crippen molar-refractivity contribution >= 4 is 17.3 Å². The van der Waals surface area contributed by atoms with E-state index >= 15 is 0 Å². The average Bonchev–Trinajstić information content (AvgIpc) is 2.56. The van der Waals surface area contributed by atoms with Crippen LogP contribution in [-0.4, -0.2) is 17.4 Å². The topological polar surface area (TPSA) is 63.5 Å². The molecule has 120 valence electrons. The molecule has 0 heterocycles. The van der Waals surface area contributed by atoms with Crippen LogP contribution in [0.4, 0.5) is 11.4 Å². The predicted octanol–water partition coefficient (Wildman–Crippen LogP) is 3.97. The molecule has 1 amide bonds. The van der Waals surface area contributed by atoms with Crippen LogP contribution in [0.3, 0.4) is 0 Å². The highest BCUT2D eigenvalue weighted by molar-refractivity contribution is 5.94. The van der Waals surface area contributed by atoms with Crippen LogP contribution in [0.25, 0.3) is 0 Å². The van der Waals surface area contributed by atoms with Gasteiger partial charge in [-0.25, -0.2) is 0 Å². The van der Waals surface area contributed by atoms with E-state index in [0.717, 1.165) is 24.1 Å². The zero-order valence-electron chi connectivity index (χ0n) is 13.1. The predicted molar refractivity (Wildman–Crippen MR) is 90.5 cm³/mol. The minimum Gasteiger partial charge on any atom is -0.312 e. The molecule has 0 saturated carbocycles. The quantitative estimate of drug-likeness (QED) is 0.574. The number of rotatable bonds is 7. The van der Waals surface area contributed by atoms with Crippen molar-refractivity contribution in [3.8, 4) is 0 Å². The van der Waals surface area contributed by atoms with E-state index in [1.165, 1.54) is 12.1 Å². The third-order valence-corrected chi connectivity index (χ3v) is 3.61. The Kier molecular flexibility index (Phi) is 5.86. The number of non-ortho nitro benzene ring substituents is 1.